The van der Waals surface area contributed by atoms with E-state index in [1.807, 2.05) is 12.5 Å². The van der Waals surface area contributed by atoms with Gasteiger partial charge in [-0.3, -0.25) is 4.90 Å². The summed E-state index contributed by atoms with van der Waals surface area (Å²) in [5.74, 6) is 0.441. The number of aliphatic hydroxyl groups excluding tert-OH is 1. The smallest absolute Gasteiger partial charge is 0.0951 e. The molecule has 2 atom stereocenters. The number of imidazole rings is 1. The molecule has 100 valence electrons. The molecule has 2 heterocycles. The first-order chi connectivity index (χ1) is 8.78. The quantitative estimate of drug-likeness (QED) is 0.885. The summed E-state index contributed by atoms with van der Waals surface area (Å²) in [5, 5.41) is 9.92. The van der Waals surface area contributed by atoms with Crippen molar-refractivity contribution in [3.05, 3.63) is 18.2 Å². The second-order valence-corrected chi connectivity index (χ2v) is 5.78. The van der Waals surface area contributed by atoms with E-state index in [4.69, 9.17) is 0 Å². The number of aromatic nitrogens is 2. The fourth-order valence-electron chi connectivity index (χ4n) is 3.01. The molecule has 1 aromatic rings. The average Bonchev–Trinajstić information content (AvgIpc) is 3.12. The minimum Gasteiger partial charge on any atom is -0.393 e. The van der Waals surface area contributed by atoms with Gasteiger partial charge >= 0.3 is 0 Å². The Labute approximate surface area is 109 Å². The van der Waals surface area contributed by atoms with Crippen molar-refractivity contribution in [3.8, 4) is 0 Å². The van der Waals surface area contributed by atoms with Crippen molar-refractivity contribution in [2.45, 2.75) is 51.3 Å². The molecule has 18 heavy (non-hydrogen) atoms. The molecule has 1 aliphatic carbocycles. The van der Waals surface area contributed by atoms with Gasteiger partial charge in [0.2, 0.25) is 0 Å². The first-order valence-electron chi connectivity index (χ1n) is 7.19. The van der Waals surface area contributed by atoms with Crippen LogP contribution in [0.4, 0.5) is 0 Å². The van der Waals surface area contributed by atoms with Crippen molar-refractivity contribution in [1.29, 1.82) is 0 Å². The molecule has 3 rings (SSSR count). The van der Waals surface area contributed by atoms with Crippen molar-refractivity contribution in [3.63, 3.8) is 0 Å². The van der Waals surface area contributed by atoms with E-state index in [9.17, 15) is 5.11 Å². The average molecular weight is 249 g/mol. The molecule has 0 aromatic carbocycles. The number of nitrogens with zero attached hydrogens (tertiary/aromatic N) is 3. The second kappa shape index (κ2) is 5.02. The molecule has 0 spiro atoms. The molecule has 1 N–H and O–H groups in total. The maximum atomic E-state index is 9.92. The van der Waals surface area contributed by atoms with Crippen molar-refractivity contribution in [2.75, 3.05) is 13.1 Å². The van der Waals surface area contributed by atoms with E-state index in [2.05, 4.69) is 21.4 Å². The number of piperidine rings is 1. The van der Waals surface area contributed by atoms with E-state index < -0.39 is 0 Å². The third-order valence-corrected chi connectivity index (χ3v) is 4.37. The van der Waals surface area contributed by atoms with Gasteiger partial charge in [0.15, 0.2) is 0 Å². The highest BCUT2D eigenvalue weighted by atomic mass is 16.3. The third-order valence-electron chi connectivity index (χ3n) is 4.37. The van der Waals surface area contributed by atoms with Gasteiger partial charge in [-0.25, -0.2) is 4.98 Å². The summed E-state index contributed by atoms with van der Waals surface area (Å²) in [6.07, 6.45) is 8.47. The van der Waals surface area contributed by atoms with Crippen LogP contribution >= 0.6 is 0 Å². The molecule has 1 saturated carbocycles. The zero-order chi connectivity index (χ0) is 12.5. The zero-order valence-corrected chi connectivity index (χ0v) is 11.1. The first-order valence-corrected chi connectivity index (χ1v) is 7.19. The van der Waals surface area contributed by atoms with E-state index in [-0.39, 0.29) is 6.10 Å². The van der Waals surface area contributed by atoms with Crippen LogP contribution in [0.1, 0.15) is 44.3 Å². The van der Waals surface area contributed by atoms with Crippen LogP contribution in [0.5, 0.6) is 0 Å². The van der Waals surface area contributed by atoms with Gasteiger partial charge < -0.3 is 9.67 Å². The molecule has 4 nitrogen and oxygen atoms in total. The molecule has 2 fully saturated rings. The van der Waals surface area contributed by atoms with Crippen LogP contribution < -0.4 is 0 Å². The van der Waals surface area contributed by atoms with Crippen LogP contribution in [-0.2, 0) is 6.54 Å². The normalized spacial score (nSPS) is 29.7. The van der Waals surface area contributed by atoms with Crippen LogP contribution in [0.2, 0.25) is 0 Å². The fraction of sp³-hybridized carbons (Fsp3) is 0.786. The first kappa shape index (κ1) is 12.2. The summed E-state index contributed by atoms with van der Waals surface area (Å²) < 4.78 is 2.34. The summed E-state index contributed by atoms with van der Waals surface area (Å²) in [6, 6.07) is 0.708. The number of hydrogen-bond acceptors (Lipinski definition) is 3. The predicted molar refractivity (Wildman–Crippen MR) is 70.2 cm³/mol. The van der Waals surface area contributed by atoms with Gasteiger partial charge in [0.1, 0.15) is 0 Å². The summed E-state index contributed by atoms with van der Waals surface area (Å²) in [7, 11) is 0. The molecule has 1 aromatic heterocycles. The highest BCUT2D eigenvalue weighted by molar-refractivity contribution is 5.04. The highest BCUT2D eigenvalue weighted by Crippen LogP contribution is 2.36. The molecule has 0 bridgehead atoms. The molecule has 1 aliphatic heterocycles. The lowest BCUT2D eigenvalue weighted by atomic mass is 9.92. The highest BCUT2D eigenvalue weighted by Gasteiger charge is 2.29. The third kappa shape index (κ3) is 2.45. The van der Waals surface area contributed by atoms with Crippen molar-refractivity contribution < 1.29 is 5.11 Å². The maximum absolute atomic E-state index is 9.92. The SMILES string of the molecule is CCC1CN(Cc2cncn2C2CC2)CCC1O. The molecule has 2 unspecified atom stereocenters. The Hall–Kier alpha value is -0.870. The van der Waals surface area contributed by atoms with Gasteiger partial charge in [-0.05, 0) is 31.6 Å². The van der Waals surface area contributed by atoms with E-state index in [1.54, 1.807) is 0 Å². The fourth-order valence-corrected chi connectivity index (χ4v) is 3.01. The van der Waals surface area contributed by atoms with Crippen LogP contribution in [0.25, 0.3) is 0 Å². The molecular weight excluding hydrogens is 226 g/mol. The molecular formula is C14H23N3O. The lowest BCUT2D eigenvalue weighted by molar-refractivity contribution is 0.0214. The largest absolute Gasteiger partial charge is 0.393 e. The second-order valence-electron chi connectivity index (χ2n) is 5.78. The monoisotopic (exact) mass is 249 g/mol. The zero-order valence-electron chi connectivity index (χ0n) is 11.1. The van der Waals surface area contributed by atoms with Crippen molar-refractivity contribution in [1.82, 2.24) is 14.5 Å². The van der Waals surface area contributed by atoms with Crippen LogP contribution in [0.3, 0.4) is 0 Å². The Balaban J connectivity index is 1.63. The lowest BCUT2D eigenvalue weighted by Crippen LogP contribution is -2.42. The Morgan fingerprint density at radius 2 is 2.22 bits per heavy atom. The minimum atomic E-state index is -0.0976. The standard InChI is InChI=1S/C14H23N3O/c1-2-11-8-16(6-5-14(11)18)9-13-7-15-10-17(13)12-3-4-12/h7,10-12,14,18H,2-6,8-9H2,1H3. The van der Waals surface area contributed by atoms with Crippen molar-refractivity contribution >= 4 is 0 Å². The van der Waals surface area contributed by atoms with Crippen molar-refractivity contribution in [2.24, 2.45) is 5.92 Å². The van der Waals surface area contributed by atoms with Gasteiger partial charge in [0.25, 0.3) is 0 Å². The molecule has 4 heteroatoms. The van der Waals surface area contributed by atoms with E-state index in [0.29, 0.717) is 12.0 Å². The van der Waals surface area contributed by atoms with Gasteiger partial charge in [-0.1, -0.05) is 6.92 Å². The van der Waals surface area contributed by atoms with Gasteiger partial charge in [0.05, 0.1) is 18.1 Å². The van der Waals surface area contributed by atoms with Gasteiger partial charge in [-0.2, -0.15) is 0 Å². The Bertz CT molecular complexity index is 399. The molecule has 0 radical (unpaired) electrons. The molecule has 1 saturated heterocycles. The number of likely N-dealkylation sites (tertiary alicyclic amines) is 1. The minimum absolute atomic E-state index is 0.0976. The Kier molecular flexibility index (Phi) is 3.39. The lowest BCUT2D eigenvalue weighted by Gasteiger charge is -2.35. The summed E-state index contributed by atoms with van der Waals surface area (Å²) in [4.78, 5) is 6.76. The summed E-state index contributed by atoms with van der Waals surface area (Å²) in [6.45, 7) is 5.19. The van der Waals surface area contributed by atoms with Crippen LogP contribution in [0.15, 0.2) is 12.5 Å². The molecule has 2 aliphatic rings. The Morgan fingerprint density at radius 3 is 2.94 bits per heavy atom. The van der Waals surface area contributed by atoms with Gasteiger partial charge in [-0.15, -0.1) is 0 Å². The predicted octanol–water partition coefficient (Wildman–Crippen LogP) is 1.81. The number of hydrogen-bond donors (Lipinski definition) is 1. The van der Waals surface area contributed by atoms with Crippen LogP contribution in [0, 0.1) is 5.92 Å². The summed E-state index contributed by atoms with van der Waals surface area (Å²) in [5.41, 5.74) is 1.34. The topological polar surface area (TPSA) is 41.3 Å². The van der Waals surface area contributed by atoms with E-state index in [1.165, 1.54) is 18.5 Å². The maximum Gasteiger partial charge on any atom is 0.0951 e. The van der Waals surface area contributed by atoms with Crippen LogP contribution in [-0.4, -0.2) is 38.8 Å². The number of rotatable bonds is 4. The summed E-state index contributed by atoms with van der Waals surface area (Å²) >= 11 is 0. The van der Waals surface area contributed by atoms with E-state index >= 15 is 0 Å². The van der Waals surface area contributed by atoms with Gasteiger partial charge in [0, 0.05) is 31.9 Å². The molecule has 0 amide bonds. The Morgan fingerprint density at radius 1 is 1.39 bits per heavy atom. The number of aliphatic hydroxyl groups is 1. The van der Waals surface area contributed by atoms with E-state index in [0.717, 1.165) is 32.5 Å².